The van der Waals surface area contributed by atoms with Crippen LogP contribution in [0.2, 0.25) is 0 Å². The lowest BCUT2D eigenvalue weighted by Crippen LogP contribution is -2.34. The fourth-order valence-electron chi connectivity index (χ4n) is 3.70. The van der Waals surface area contributed by atoms with E-state index in [-0.39, 0.29) is 0 Å². The van der Waals surface area contributed by atoms with Gasteiger partial charge in [-0.3, -0.25) is 0 Å². The van der Waals surface area contributed by atoms with Crippen LogP contribution < -0.4 is 4.57 Å². The Bertz CT molecular complexity index is 586. The second-order valence-corrected chi connectivity index (χ2v) is 7.56. The smallest absolute Gasteiger partial charge is 0.230 e. The third kappa shape index (κ3) is 6.97. The van der Waals surface area contributed by atoms with Gasteiger partial charge in [-0.2, -0.15) is 0 Å². The maximum absolute atomic E-state index is 2.47. The zero-order valence-electron chi connectivity index (χ0n) is 17.1. The highest BCUT2D eigenvalue weighted by Gasteiger charge is 2.18. The number of unbranched alkanes of at least 4 members (excludes halogenated alkanes) is 9. The number of hydrogen-bond acceptors (Lipinski definition) is 0. The molecule has 0 bridgehead atoms. The minimum Gasteiger partial charge on any atom is -0.230 e. The van der Waals surface area contributed by atoms with Crippen LogP contribution in [-0.4, -0.2) is 4.57 Å². The van der Waals surface area contributed by atoms with E-state index < -0.39 is 0 Å². The van der Waals surface area contributed by atoms with E-state index in [0.29, 0.717) is 0 Å². The largest absolute Gasteiger partial charge is 0.288 e. The van der Waals surface area contributed by atoms with E-state index in [9.17, 15) is 0 Å². The summed E-state index contributed by atoms with van der Waals surface area (Å²) in [5.41, 5.74) is 1.34. The van der Waals surface area contributed by atoms with Crippen molar-refractivity contribution in [3.05, 3.63) is 42.7 Å². The molecule has 2 aromatic rings. The molecule has 0 aliphatic rings. The van der Waals surface area contributed by atoms with E-state index in [1.165, 1.54) is 82.0 Å². The van der Waals surface area contributed by atoms with Crippen molar-refractivity contribution >= 4 is 0 Å². The zero-order valence-corrected chi connectivity index (χ0v) is 17.1. The van der Waals surface area contributed by atoms with Crippen LogP contribution in [0.5, 0.6) is 0 Å². The minimum atomic E-state index is 1.13. The van der Waals surface area contributed by atoms with Crippen molar-refractivity contribution in [2.75, 3.05) is 0 Å². The van der Waals surface area contributed by atoms with Gasteiger partial charge in [0, 0.05) is 0 Å². The molecule has 0 fully saturated rings. The molecule has 2 nitrogen and oxygen atoms in total. The molecule has 0 saturated heterocycles. The number of nitrogens with zero attached hydrogens (tertiary/aromatic N) is 2. The summed E-state index contributed by atoms with van der Waals surface area (Å²) < 4.78 is 4.94. The molecule has 0 amide bonds. The van der Waals surface area contributed by atoms with Gasteiger partial charge in [0.15, 0.2) is 0 Å². The van der Waals surface area contributed by atoms with Crippen molar-refractivity contribution < 1.29 is 4.57 Å². The number of aryl methyl sites for hydroxylation is 2. The molecule has 0 unspecified atom stereocenters. The van der Waals surface area contributed by atoms with Gasteiger partial charge >= 0.3 is 0 Å². The van der Waals surface area contributed by atoms with E-state index >= 15 is 0 Å². The molecule has 0 aliphatic carbocycles. The van der Waals surface area contributed by atoms with Crippen LogP contribution in [0.4, 0.5) is 0 Å². The maximum atomic E-state index is 2.47. The van der Waals surface area contributed by atoms with Crippen LogP contribution in [0.25, 0.3) is 11.4 Å². The van der Waals surface area contributed by atoms with Crippen LogP contribution in [0.15, 0.2) is 42.7 Å². The van der Waals surface area contributed by atoms with Gasteiger partial charge in [0.25, 0.3) is 5.82 Å². The normalized spacial score (nSPS) is 11.2. The molecule has 0 spiro atoms. The number of imidazole rings is 1. The molecule has 0 radical (unpaired) electrons. The van der Waals surface area contributed by atoms with Gasteiger partial charge in [0.05, 0.1) is 18.7 Å². The van der Waals surface area contributed by atoms with Gasteiger partial charge in [-0.05, 0) is 37.8 Å². The fraction of sp³-hybridized carbons (Fsp3) is 0.625. The highest BCUT2D eigenvalue weighted by Crippen LogP contribution is 2.17. The Morgan fingerprint density at radius 2 is 1.35 bits per heavy atom. The molecule has 2 rings (SSSR count). The fourth-order valence-corrected chi connectivity index (χ4v) is 3.70. The van der Waals surface area contributed by atoms with Gasteiger partial charge in [-0.25, -0.2) is 9.13 Å². The number of hydrogen-bond donors (Lipinski definition) is 0. The van der Waals surface area contributed by atoms with Crippen LogP contribution in [-0.2, 0) is 13.1 Å². The molecule has 0 atom stereocenters. The molecule has 0 saturated carbocycles. The monoisotopic (exact) mass is 355 g/mol. The second-order valence-electron chi connectivity index (χ2n) is 7.56. The van der Waals surface area contributed by atoms with Gasteiger partial charge < -0.3 is 0 Å². The van der Waals surface area contributed by atoms with Crippen molar-refractivity contribution in [3.8, 4) is 11.4 Å². The summed E-state index contributed by atoms with van der Waals surface area (Å²) in [7, 11) is 0. The first kappa shape index (κ1) is 20.7. The van der Waals surface area contributed by atoms with Gasteiger partial charge in [0.1, 0.15) is 12.4 Å². The molecular weight excluding hydrogens is 316 g/mol. The standard InChI is InChI=1S/C24H39N2/c1-3-5-7-9-10-11-16-20-26-22-21-25(19-15-8-6-4-2)24(26)23-17-13-12-14-18-23/h12-14,17-18,21-22H,3-11,15-16,19-20H2,1-2H3/q+1. The van der Waals surface area contributed by atoms with Crippen LogP contribution in [0.1, 0.15) is 84.5 Å². The van der Waals surface area contributed by atoms with Crippen molar-refractivity contribution in [1.82, 2.24) is 4.57 Å². The first-order valence-corrected chi connectivity index (χ1v) is 11.0. The molecule has 1 aromatic carbocycles. The van der Waals surface area contributed by atoms with Crippen LogP contribution in [0, 0.1) is 0 Å². The average Bonchev–Trinajstić information content (AvgIpc) is 3.08. The summed E-state index contributed by atoms with van der Waals surface area (Å²) in [6.07, 6.45) is 19.4. The molecule has 2 heteroatoms. The molecule has 0 N–H and O–H groups in total. The lowest BCUT2D eigenvalue weighted by molar-refractivity contribution is -0.686. The summed E-state index contributed by atoms with van der Waals surface area (Å²) in [6.45, 7) is 6.84. The Kier molecular flexibility index (Phi) is 10.2. The first-order valence-electron chi connectivity index (χ1n) is 11.0. The lowest BCUT2D eigenvalue weighted by Gasteiger charge is -2.06. The molecule has 1 aromatic heterocycles. The lowest BCUT2D eigenvalue weighted by atomic mass is 10.1. The van der Waals surface area contributed by atoms with Gasteiger partial charge in [0.2, 0.25) is 0 Å². The Labute approximate surface area is 161 Å². The predicted molar refractivity (Wildman–Crippen MR) is 112 cm³/mol. The van der Waals surface area contributed by atoms with Gasteiger partial charge in [-0.1, -0.05) is 77.0 Å². The maximum Gasteiger partial charge on any atom is 0.288 e. The van der Waals surface area contributed by atoms with E-state index in [1.807, 2.05) is 0 Å². The Hall–Kier alpha value is -1.57. The molecule has 144 valence electrons. The first-order chi connectivity index (χ1) is 12.9. The number of rotatable bonds is 14. The van der Waals surface area contributed by atoms with Gasteiger partial charge in [-0.15, -0.1) is 0 Å². The predicted octanol–water partition coefficient (Wildman–Crippen LogP) is 6.77. The zero-order chi connectivity index (χ0) is 18.5. The van der Waals surface area contributed by atoms with E-state index in [1.54, 1.807) is 0 Å². The average molecular weight is 356 g/mol. The Morgan fingerprint density at radius 3 is 2.04 bits per heavy atom. The highest BCUT2D eigenvalue weighted by molar-refractivity contribution is 5.52. The summed E-state index contributed by atoms with van der Waals surface area (Å²) in [5, 5.41) is 0. The van der Waals surface area contributed by atoms with E-state index in [4.69, 9.17) is 0 Å². The summed E-state index contributed by atoms with van der Waals surface area (Å²) in [5.74, 6) is 1.38. The highest BCUT2D eigenvalue weighted by atomic mass is 15.1. The number of aromatic nitrogens is 2. The SMILES string of the molecule is CCCCCCCCC[n+]1ccn(CCCCCC)c1-c1ccccc1. The van der Waals surface area contributed by atoms with Crippen LogP contribution >= 0.6 is 0 Å². The molecule has 1 heterocycles. The van der Waals surface area contributed by atoms with E-state index in [0.717, 1.165) is 13.1 Å². The van der Waals surface area contributed by atoms with Crippen LogP contribution in [0.3, 0.4) is 0 Å². The van der Waals surface area contributed by atoms with Crippen molar-refractivity contribution in [2.24, 2.45) is 0 Å². The second kappa shape index (κ2) is 12.7. The topological polar surface area (TPSA) is 8.81 Å². The third-order valence-electron chi connectivity index (χ3n) is 5.26. The minimum absolute atomic E-state index is 1.13. The number of benzene rings is 1. The van der Waals surface area contributed by atoms with Crippen molar-refractivity contribution in [3.63, 3.8) is 0 Å². The summed E-state index contributed by atoms with van der Waals surface area (Å²) in [6, 6.07) is 10.9. The molecule has 0 aliphatic heterocycles. The van der Waals surface area contributed by atoms with E-state index in [2.05, 4.69) is 65.7 Å². The molecule has 26 heavy (non-hydrogen) atoms. The van der Waals surface area contributed by atoms with Crippen molar-refractivity contribution in [1.29, 1.82) is 0 Å². The third-order valence-corrected chi connectivity index (χ3v) is 5.26. The summed E-state index contributed by atoms with van der Waals surface area (Å²) >= 11 is 0. The Balaban J connectivity index is 1.93. The quantitative estimate of drug-likeness (QED) is 0.261. The summed E-state index contributed by atoms with van der Waals surface area (Å²) in [4.78, 5) is 0. The molecular formula is C24H39N2+. The van der Waals surface area contributed by atoms with Crippen molar-refractivity contribution in [2.45, 2.75) is 97.6 Å². The Morgan fingerprint density at radius 1 is 0.731 bits per heavy atom.